The van der Waals surface area contributed by atoms with E-state index in [9.17, 15) is 9.18 Å². The van der Waals surface area contributed by atoms with Crippen LogP contribution >= 0.6 is 15.9 Å². The molecule has 0 atom stereocenters. The quantitative estimate of drug-likeness (QED) is 0.925. The molecule has 16 heavy (non-hydrogen) atoms. The summed E-state index contributed by atoms with van der Waals surface area (Å²) in [6.07, 6.45) is 0. The van der Waals surface area contributed by atoms with Crippen LogP contribution < -0.4 is 10.1 Å². The van der Waals surface area contributed by atoms with E-state index in [1.165, 1.54) is 12.1 Å². The molecule has 1 N–H and O–H groups in total. The molecule has 0 bridgehead atoms. The smallest absolute Gasteiger partial charge is 0.258 e. The van der Waals surface area contributed by atoms with Crippen LogP contribution in [0.1, 0.15) is 13.8 Å². The summed E-state index contributed by atoms with van der Waals surface area (Å²) in [6, 6.07) is 4.42. The number of amides is 1. The molecule has 0 aliphatic heterocycles. The Labute approximate surface area is 102 Å². The minimum absolute atomic E-state index is 0.0674. The van der Waals surface area contributed by atoms with Gasteiger partial charge in [-0.15, -0.1) is 0 Å². The van der Waals surface area contributed by atoms with Crippen molar-refractivity contribution >= 4 is 21.8 Å². The number of hydrogen-bond donors (Lipinski definition) is 1. The number of rotatable bonds is 4. The van der Waals surface area contributed by atoms with Crippen molar-refractivity contribution in [2.24, 2.45) is 0 Å². The van der Waals surface area contributed by atoms with Crippen LogP contribution in [0.2, 0.25) is 0 Å². The first-order valence-electron chi connectivity index (χ1n) is 4.86. The minimum atomic E-state index is -0.415. The maximum Gasteiger partial charge on any atom is 0.258 e. The zero-order chi connectivity index (χ0) is 12.1. The van der Waals surface area contributed by atoms with Gasteiger partial charge in [0.25, 0.3) is 5.91 Å². The molecule has 88 valence electrons. The first-order chi connectivity index (χ1) is 7.49. The highest BCUT2D eigenvalue weighted by Crippen LogP contribution is 2.20. The third-order valence-electron chi connectivity index (χ3n) is 1.71. The predicted octanol–water partition coefficient (Wildman–Crippen LogP) is 2.49. The molecule has 1 aromatic rings. The average molecular weight is 290 g/mol. The third kappa shape index (κ3) is 4.18. The lowest BCUT2D eigenvalue weighted by Crippen LogP contribution is -2.34. The van der Waals surface area contributed by atoms with Crippen LogP contribution in [0, 0.1) is 5.82 Å². The lowest BCUT2D eigenvalue weighted by atomic mass is 10.3. The largest absolute Gasteiger partial charge is 0.484 e. The van der Waals surface area contributed by atoms with Gasteiger partial charge in [-0.05, 0) is 41.9 Å². The lowest BCUT2D eigenvalue weighted by Gasteiger charge is -2.09. The summed E-state index contributed by atoms with van der Waals surface area (Å²) in [5.74, 6) is -0.306. The minimum Gasteiger partial charge on any atom is -0.484 e. The van der Waals surface area contributed by atoms with Crippen LogP contribution in [0.4, 0.5) is 4.39 Å². The first-order valence-corrected chi connectivity index (χ1v) is 5.65. The summed E-state index contributed by atoms with van der Waals surface area (Å²) in [7, 11) is 0. The van der Waals surface area contributed by atoms with Gasteiger partial charge < -0.3 is 10.1 Å². The van der Waals surface area contributed by atoms with Crippen molar-refractivity contribution in [1.82, 2.24) is 5.32 Å². The van der Waals surface area contributed by atoms with Crippen molar-refractivity contribution in [2.45, 2.75) is 19.9 Å². The molecule has 1 amide bonds. The molecule has 1 aromatic carbocycles. The van der Waals surface area contributed by atoms with Gasteiger partial charge in [-0.25, -0.2) is 4.39 Å². The Bertz CT molecular complexity index is 382. The Morgan fingerprint density at radius 1 is 1.56 bits per heavy atom. The van der Waals surface area contributed by atoms with Crippen molar-refractivity contribution in [3.05, 3.63) is 28.5 Å². The molecule has 0 fully saturated rings. The zero-order valence-electron chi connectivity index (χ0n) is 9.09. The Morgan fingerprint density at radius 2 is 2.25 bits per heavy atom. The number of nitrogens with one attached hydrogen (secondary N) is 1. The van der Waals surface area contributed by atoms with E-state index in [4.69, 9.17) is 4.74 Å². The monoisotopic (exact) mass is 289 g/mol. The van der Waals surface area contributed by atoms with E-state index < -0.39 is 5.82 Å². The molecule has 0 heterocycles. The Morgan fingerprint density at radius 3 is 2.81 bits per heavy atom. The summed E-state index contributed by atoms with van der Waals surface area (Å²) in [5, 5.41) is 2.67. The van der Waals surface area contributed by atoms with Crippen LogP contribution in [0.25, 0.3) is 0 Å². The summed E-state index contributed by atoms with van der Waals surface area (Å²) in [6.45, 7) is 3.60. The van der Waals surface area contributed by atoms with Crippen LogP contribution in [0.15, 0.2) is 22.7 Å². The number of benzene rings is 1. The van der Waals surface area contributed by atoms with Gasteiger partial charge in [-0.2, -0.15) is 0 Å². The maximum absolute atomic E-state index is 13.1. The summed E-state index contributed by atoms with van der Waals surface area (Å²) in [4.78, 5) is 11.2. The van der Waals surface area contributed by atoms with Gasteiger partial charge >= 0.3 is 0 Å². The van der Waals surface area contributed by atoms with E-state index in [2.05, 4.69) is 21.2 Å². The highest BCUT2D eigenvalue weighted by molar-refractivity contribution is 9.10. The highest BCUT2D eigenvalue weighted by Gasteiger charge is 2.06. The molecule has 0 aliphatic rings. The Kier molecular flexibility index (Phi) is 4.73. The number of carbonyl (C=O) groups is 1. The van der Waals surface area contributed by atoms with Gasteiger partial charge in [0.05, 0.1) is 4.47 Å². The summed E-state index contributed by atoms with van der Waals surface area (Å²) >= 11 is 3.03. The van der Waals surface area contributed by atoms with E-state index in [0.29, 0.717) is 10.2 Å². The molecule has 0 aliphatic carbocycles. The van der Waals surface area contributed by atoms with E-state index in [-0.39, 0.29) is 18.6 Å². The molecule has 0 saturated carbocycles. The van der Waals surface area contributed by atoms with E-state index in [1.54, 1.807) is 6.07 Å². The number of halogens is 2. The van der Waals surface area contributed by atoms with Gasteiger partial charge in [0, 0.05) is 12.1 Å². The van der Waals surface area contributed by atoms with Crippen molar-refractivity contribution in [3.8, 4) is 5.75 Å². The third-order valence-corrected chi connectivity index (χ3v) is 2.35. The number of ether oxygens (including phenoxy) is 1. The zero-order valence-corrected chi connectivity index (χ0v) is 10.7. The average Bonchev–Trinajstić information content (AvgIpc) is 2.19. The second-order valence-electron chi connectivity index (χ2n) is 3.59. The number of hydrogen-bond acceptors (Lipinski definition) is 2. The molecule has 3 nitrogen and oxygen atoms in total. The van der Waals surface area contributed by atoms with E-state index >= 15 is 0 Å². The maximum atomic E-state index is 13.1. The molecule has 1 rings (SSSR count). The highest BCUT2D eigenvalue weighted by atomic mass is 79.9. The van der Waals surface area contributed by atoms with Crippen molar-refractivity contribution in [1.29, 1.82) is 0 Å². The fraction of sp³-hybridized carbons (Fsp3) is 0.364. The van der Waals surface area contributed by atoms with Crippen LogP contribution in [0.5, 0.6) is 5.75 Å². The second-order valence-corrected chi connectivity index (χ2v) is 4.44. The molecular weight excluding hydrogens is 277 g/mol. The summed E-state index contributed by atoms with van der Waals surface area (Å²) in [5.41, 5.74) is 0. The second kappa shape index (κ2) is 5.84. The Balaban J connectivity index is 2.48. The molecule has 0 aromatic heterocycles. The predicted molar refractivity (Wildman–Crippen MR) is 62.9 cm³/mol. The first kappa shape index (κ1) is 13.0. The molecular formula is C11H13BrFNO2. The lowest BCUT2D eigenvalue weighted by molar-refractivity contribution is -0.123. The van der Waals surface area contributed by atoms with Crippen molar-refractivity contribution in [3.63, 3.8) is 0 Å². The van der Waals surface area contributed by atoms with E-state index in [1.807, 2.05) is 13.8 Å². The van der Waals surface area contributed by atoms with Crippen LogP contribution in [0.3, 0.4) is 0 Å². The fourth-order valence-corrected chi connectivity index (χ4v) is 1.33. The molecule has 0 radical (unpaired) electrons. The SMILES string of the molecule is CC(C)NC(=O)COc1ccc(Br)c(F)c1. The van der Waals surface area contributed by atoms with Gasteiger partial charge in [0.1, 0.15) is 11.6 Å². The number of carbonyl (C=O) groups excluding carboxylic acids is 1. The van der Waals surface area contributed by atoms with Gasteiger partial charge in [0.2, 0.25) is 0 Å². The fourth-order valence-electron chi connectivity index (χ4n) is 1.08. The Hall–Kier alpha value is -1.10. The van der Waals surface area contributed by atoms with E-state index in [0.717, 1.165) is 0 Å². The topological polar surface area (TPSA) is 38.3 Å². The van der Waals surface area contributed by atoms with Gasteiger partial charge in [-0.1, -0.05) is 0 Å². The van der Waals surface area contributed by atoms with Crippen molar-refractivity contribution < 1.29 is 13.9 Å². The van der Waals surface area contributed by atoms with Gasteiger partial charge in [0.15, 0.2) is 6.61 Å². The van der Waals surface area contributed by atoms with Crippen LogP contribution in [-0.2, 0) is 4.79 Å². The standard InChI is InChI=1S/C11H13BrFNO2/c1-7(2)14-11(15)6-16-8-3-4-9(12)10(13)5-8/h3-5,7H,6H2,1-2H3,(H,14,15). The molecule has 0 spiro atoms. The molecule has 0 unspecified atom stereocenters. The van der Waals surface area contributed by atoms with Crippen LogP contribution in [-0.4, -0.2) is 18.6 Å². The summed E-state index contributed by atoms with van der Waals surface area (Å²) < 4.78 is 18.6. The normalized spacial score (nSPS) is 10.3. The molecule has 0 saturated heterocycles. The van der Waals surface area contributed by atoms with Gasteiger partial charge in [-0.3, -0.25) is 4.79 Å². The van der Waals surface area contributed by atoms with Crippen molar-refractivity contribution in [2.75, 3.05) is 6.61 Å². The molecule has 5 heteroatoms.